The maximum Gasteiger partial charge on any atom is 0.343 e. The molecule has 0 aromatic heterocycles. The minimum Gasteiger partial charge on any atom is -0.493 e. The zero-order chi connectivity index (χ0) is 22.9. The molecule has 164 valence electrons. The molecule has 3 aromatic rings. The number of carbonyl (C=O) groups is 2. The van der Waals surface area contributed by atoms with Gasteiger partial charge in [-0.1, -0.05) is 34.1 Å². The van der Waals surface area contributed by atoms with Gasteiger partial charge in [0.05, 0.1) is 25.4 Å². The Morgan fingerprint density at radius 2 is 1.78 bits per heavy atom. The van der Waals surface area contributed by atoms with E-state index in [2.05, 4.69) is 31.8 Å². The third-order valence-corrected chi connectivity index (χ3v) is 4.99. The monoisotopic (exact) mass is 495 g/mol. The quantitative estimate of drug-likeness (QED) is 0.207. The number of ether oxygens (including phenoxy) is 2. The van der Waals surface area contributed by atoms with Gasteiger partial charge < -0.3 is 14.8 Å². The van der Waals surface area contributed by atoms with E-state index in [0.717, 1.165) is 15.7 Å². The van der Waals surface area contributed by atoms with Gasteiger partial charge >= 0.3 is 5.97 Å². The molecule has 7 nitrogen and oxygen atoms in total. The van der Waals surface area contributed by atoms with E-state index in [9.17, 15) is 9.59 Å². The summed E-state index contributed by atoms with van der Waals surface area (Å²) in [6.45, 7) is 2.06. The van der Waals surface area contributed by atoms with Gasteiger partial charge in [-0.15, -0.1) is 0 Å². The number of para-hydroxylation sites is 1. The number of anilines is 1. The van der Waals surface area contributed by atoms with Crippen molar-refractivity contribution in [1.82, 2.24) is 5.43 Å². The number of halogens is 1. The molecule has 32 heavy (non-hydrogen) atoms. The van der Waals surface area contributed by atoms with Crippen LogP contribution in [0.15, 0.2) is 76.3 Å². The van der Waals surface area contributed by atoms with E-state index in [1.807, 2.05) is 31.2 Å². The second-order valence-corrected chi connectivity index (χ2v) is 7.68. The van der Waals surface area contributed by atoms with Crippen LogP contribution >= 0.6 is 15.9 Å². The third kappa shape index (κ3) is 6.42. The van der Waals surface area contributed by atoms with Crippen LogP contribution in [0.2, 0.25) is 0 Å². The molecular weight excluding hydrogens is 474 g/mol. The molecule has 0 fully saturated rings. The fourth-order valence-electron chi connectivity index (χ4n) is 2.76. The zero-order valence-electron chi connectivity index (χ0n) is 17.6. The van der Waals surface area contributed by atoms with Crippen LogP contribution in [0.1, 0.15) is 21.5 Å². The van der Waals surface area contributed by atoms with E-state index < -0.39 is 5.97 Å². The summed E-state index contributed by atoms with van der Waals surface area (Å²) in [5.41, 5.74) is 5.50. The van der Waals surface area contributed by atoms with Crippen molar-refractivity contribution in [2.24, 2.45) is 5.10 Å². The topological polar surface area (TPSA) is 89.0 Å². The highest BCUT2D eigenvalue weighted by atomic mass is 79.9. The molecule has 0 bridgehead atoms. The van der Waals surface area contributed by atoms with Crippen molar-refractivity contribution < 1.29 is 19.1 Å². The number of hydrazone groups is 1. The molecule has 0 saturated carbocycles. The van der Waals surface area contributed by atoms with E-state index in [0.29, 0.717) is 16.9 Å². The number of benzene rings is 3. The molecule has 0 aliphatic carbocycles. The highest BCUT2D eigenvalue weighted by Crippen LogP contribution is 2.28. The highest BCUT2D eigenvalue weighted by molar-refractivity contribution is 9.10. The Bertz CT molecular complexity index is 1130. The van der Waals surface area contributed by atoms with Crippen LogP contribution in [0.25, 0.3) is 0 Å². The zero-order valence-corrected chi connectivity index (χ0v) is 19.2. The number of rotatable bonds is 8. The number of carbonyl (C=O) groups excluding carboxylic acids is 2. The molecule has 3 rings (SSSR count). The lowest BCUT2D eigenvalue weighted by molar-refractivity contribution is -0.119. The lowest BCUT2D eigenvalue weighted by Crippen LogP contribution is -2.26. The summed E-state index contributed by atoms with van der Waals surface area (Å²) in [6.07, 6.45) is 1.48. The summed E-state index contributed by atoms with van der Waals surface area (Å²) in [5, 5.41) is 7.03. The largest absolute Gasteiger partial charge is 0.493 e. The van der Waals surface area contributed by atoms with Gasteiger partial charge in [0.25, 0.3) is 5.91 Å². The molecule has 0 spiro atoms. The van der Waals surface area contributed by atoms with Gasteiger partial charge in [0.2, 0.25) is 0 Å². The molecular formula is C24H22BrN3O4. The summed E-state index contributed by atoms with van der Waals surface area (Å²) < 4.78 is 11.6. The second-order valence-electron chi connectivity index (χ2n) is 6.77. The fourth-order valence-corrected chi connectivity index (χ4v) is 3.02. The first kappa shape index (κ1) is 23.0. The van der Waals surface area contributed by atoms with Gasteiger partial charge in [0, 0.05) is 10.2 Å². The molecule has 0 saturated heterocycles. The normalized spacial score (nSPS) is 10.6. The van der Waals surface area contributed by atoms with Crippen LogP contribution in [-0.4, -0.2) is 31.7 Å². The fraction of sp³-hybridized carbons (Fsp3) is 0.125. The Balaban J connectivity index is 1.57. The average molecular weight is 496 g/mol. The Kier molecular flexibility index (Phi) is 7.99. The third-order valence-electron chi connectivity index (χ3n) is 4.46. The van der Waals surface area contributed by atoms with Crippen LogP contribution in [0.5, 0.6) is 11.5 Å². The predicted octanol–water partition coefficient (Wildman–Crippen LogP) is 4.55. The highest BCUT2D eigenvalue weighted by Gasteiger charge is 2.13. The van der Waals surface area contributed by atoms with Crippen LogP contribution < -0.4 is 20.2 Å². The predicted molar refractivity (Wildman–Crippen MR) is 127 cm³/mol. The molecule has 0 atom stereocenters. The van der Waals surface area contributed by atoms with Crippen LogP contribution in [0.3, 0.4) is 0 Å². The Hall–Kier alpha value is -3.65. The molecule has 0 aliphatic heterocycles. The van der Waals surface area contributed by atoms with Gasteiger partial charge in [0.1, 0.15) is 0 Å². The van der Waals surface area contributed by atoms with Crippen molar-refractivity contribution in [1.29, 1.82) is 0 Å². The molecule has 2 N–H and O–H groups in total. The van der Waals surface area contributed by atoms with E-state index in [4.69, 9.17) is 9.47 Å². The summed E-state index contributed by atoms with van der Waals surface area (Å²) in [4.78, 5) is 24.3. The summed E-state index contributed by atoms with van der Waals surface area (Å²) in [6, 6.07) is 19.5. The first-order valence-corrected chi connectivity index (χ1v) is 10.5. The molecule has 3 aromatic carbocycles. The molecule has 0 unspecified atom stereocenters. The van der Waals surface area contributed by atoms with Crippen molar-refractivity contribution in [3.8, 4) is 11.5 Å². The number of methoxy groups -OCH3 is 1. The average Bonchev–Trinajstić information content (AvgIpc) is 2.79. The SMILES string of the molecule is COc1cc(/C=N\NC(=O)CNc2ccccc2C)ccc1OC(=O)c1ccc(Br)cc1. The van der Waals surface area contributed by atoms with Crippen molar-refractivity contribution >= 4 is 39.7 Å². The summed E-state index contributed by atoms with van der Waals surface area (Å²) in [5.74, 6) is -0.127. The molecule has 0 heterocycles. The number of hydrogen-bond donors (Lipinski definition) is 2. The summed E-state index contributed by atoms with van der Waals surface area (Å²) in [7, 11) is 1.48. The van der Waals surface area contributed by atoms with Crippen molar-refractivity contribution in [2.75, 3.05) is 19.0 Å². The van der Waals surface area contributed by atoms with Gasteiger partial charge in [-0.25, -0.2) is 10.2 Å². The Labute approximate surface area is 194 Å². The molecule has 0 aliphatic rings. The first-order valence-electron chi connectivity index (χ1n) is 9.73. The van der Waals surface area contributed by atoms with E-state index in [1.54, 1.807) is 42.5 Å². The maximum atomic E-state index is 12.3. The number of aryl methyl sites for hydroxylation is 1. The van der Waals surface area contributed by atoms with Gasteiger partial charge in [-0.3, -0.25) is 4.79 Å². The van der Waals surface area contributed by atoms with E-state index >= 15 is 0 Å². The number of hydrogen-bond acceptors (Lipinski definition) is 6. The van der Waals surface area contributed by atoms with E-state index in [1.165, 1.54) is 13.3 Å². The lowest BCUT2D eigenvalue weighted by Gasteiger charge is -2.10. The smallest absolute Gasteiger partial charge is 0.343 e. The Morgan fingerprint density at radius 1 is 1.03 bits per heavy atom. The number of nitrogens with one attached hydrogen (secondary N) is 2. The lowest BCUT2D eigenvalue weighted by atomic mass is 10.2. The standard InChI is InChI=1S/C24H22BrN3O4/c1-16-5-3-4-6-20(16)26-15-23(29)28-27-14-17-7-12-21(22(13-17)31-2)32-24(30)18-8-10-19(25)11-9-18/h3-14,26H,15H2,1-2H3,(H,28,29)/b27-14-. The molecule has 8 heteroatoms. The van der Waals surface area contributed by atoms with Crippen molar-refractivity contribution in [3.05, 3.63) is 87.9 Å². The van der Waals surface area contributed by atoms with Gasteiger partial charge in [-0.05, 0) is 66.6 Å². The van der Waals surface area contributed by atoms with Crippen molar-refractivity contribution in [3.63, 3.8) is 0 Å². The summed E-state index contributed by atoms with van der Waals surface area (Å²) >= 11 is 3.33. The Morgan fingerprint density at radius 3 is 2.50 bits per heavy atom. The number of esters is 1. The number of amides is 1. The molecule has 0 radical (unpaired) electrons. The van der Waals surface area contributed by atoms with Gasteiger partial charge in [0.15, 0.2) is 11.5 Å². The second kappa shape index (κ2) is 11.1. The minimum atomic E-state index is -0.495. The van der Waals surface area contributed by atoms with Crippen LogP contribution in [-0.2, 0) is 4.79 Å². The maximum absolute atomic E-state index is 12.3. The van der Waals surface area contributed by atoms with Crippen LogP contribution in [0, 0.1) is 6.92 Å². The van der Waals surface area contributed by atoms with Gasteiger partial charge in [-0.2, -0.15) is 5.10 Å². The first-order chi connectivity index (χ1) is 15.5. The molecule has 1 amide bonds. The van der Waals surface area contributed by atoms with Crippen LogP contribution in [0.4, 0.5) is 5.69 Å². The van der Waals surface area contributed by atoms with Crippen molar-refractivity contribution in [2.45, 2.75) is 6.92 Å². The number of nitrogens with zero attached hydrogens (tertiary/aromatic N) is 1. The van der Waals surface area contributed by atoms with E-state index in [-0.39, 0.29) is 18.2 Å². The minimum absolute atomic E-state index is 0.0937.